The van der Waals surface area contributed by atoms with Gasteiger partial charge in [-0.1, -0.05) is 0 Å². The molecule has 0 aliphatic carbocycles. The molecule has 0 amide bonds. The number of carboxylic acid groups (broad SMARTS) is 1. The van der Waals surface area contributed by atoms with Crippen LogP contribution in [0.2, 0.25) is 0 Å². The van der Waals surface area contributed by atoms with Crippen LogP contribution in [0.5, 0.6) is 0 Å². The number of hydrogen-bond donors (Lipinski definition) is 3. The fraction of sp³-hybridized carbons (Fsp3) is 0.222. The molecule has 4 heteroatoms. The Balaban J connectivity index is 2.30. The van der Waals surface area contributed by atoms with E-state index in [1.165, 1.54) is 0 Å². The lowest BCUT2D eigenvalue weighted by molar-refractivity contribution is -0.137. The molecule has 0 radical (unpaired) electrons. The third-order valence-electron chi connectivity index (χ3n) is 2.18. The van der Waals surface area contributed by atoms with Gasteiger partial charge in [-0.15, -0.1) is 0 Å². The van der Waals surface area contributed by atoms with Crippen molar-refractivity contribution < 1.29 is 9.90 Å². The molecule has 0 unspecified atom stereocenters. The number of hydrogen-bond acceptors (Lipinski definition) is 3. The smallest absolute Gasteiger partial charge is 0.326 e. The summed E-state index contributed by atoms with van der Waals surface area (Å²) in [6.45, 7) is 0. The van der Waals surface area contributed by atoms with E-state index in [9.17, 15) is 4.79 Å². The van der Waals surface area contributed by atoms with Crippen LogP contribution in [0.15, 0.2) is 18.2 Å². The molecule has 1 atom stereocenters. The van der Waals surface area contributed by atoms with Crippen LogP contribution >= 0.6 is 0 Å². The number of carboxylic acids is 1. The van der Waals surface area contributed by atoms with Crippen molar-refractivity contribution in [3.8, 4) is 0 Å². The second-order valence-corrected chi connectivity index (χ2v) is 3.16. The molecule has 1 aliphatic heterocycles. The van der Waals surface area contributed by atoms with Crippen LogP contribution in [0.1, 0.15) is 5.56 Å². The predicted molar refractivity (Wildman–Crippen MR) is 49.6 cm³/mol. The number of anilines is 2. The highest BCUT2D eigenvalue weighted by Gasteiger charge is 2.25. The van der Waals surface area contributed by atoms with Crippen LogP contribution in [0, 0.1) is 0 Å². The van der Waals surface area contributed by atoms with E-state index in [1.807, 2.05) is 12.1 Å². The molecular formula is C9H10N2O2. The first-order chi connectivity index (χ1) is 6.16. The van der Waals surface area contributed by atoms with Crippen molar-refractivity contribution in [3.63, 3.8) is 0 Å². The average Bonchev–Trinajstić information content (AvgIpc) is 2.46. The van der Waals surface area contributed by atoms with Crippen molar-refractivity contribution in [3.05, 3.63) is 23.8 Å². The second-order valence-electron chi connectivity index (χ2n) is 3.16. The molecule has 68 valence electrons. The zero-order valence-corrected chi connectivity index (χ0v) is 6.95. The lowest BCUT2D eigenvalue weighted by atomic mass is 10.1. The Morgan fingerprint density at radius 2 is 2.38 bits per heavy atom. The summed E-state index contributed by atoms with van der Waals surface area (Å²) in [5.41, 5.74) is 8.11. The minimum absolute atomic E-state index is 0.503. The Hall–Kier alpha value is -1.71. The van der Waals surface area contributed by atoms with Gasteiger partial charge in [-0.2, -0.15) is 0 Å². The van der Waals surface area contributed by atoms with Crippen molar-refractivity contribution in [2.75, 3.05) is 11.1 Å². The molecule has 1 aromatic rings. The van der Waals surface area contributed by atoms with E-state index in [4.69, 9.17) is 10.8 Å². The molecule has 0 saturated heterocycles. The molecule has 1 aliphatic rings. The highest BCUT2D eigenvalue weighted by molar-refractivity contribution is 5.81. The number of rotatable bonds is 1. The zero-order valence-electron chi connectivity index (χ0n) is 6.95. The van der Waals surface area contributed by atoms with Gasteiger partial charge in [-0.05, 0) is 23.8 Å². The quantitative estimate of drug-likeness (QED) is 0.553. The van der Waals surface area contributed by atoms with E-state index in [1.54, 1.807) is 6.07 Å². The minimum atomic E-state index is -0.824. The molecule has 4 nitrogen and oxygen atoms in total. The maximum Gasteiger partial charge on any atom is 0.326 e. The number of fused-ring (bicyclic) bond motifs is 1. The topological polar surface area (TPSA) is 75.4 Å². The molecule has 2 rings (SSSR count). The number of aliphatic carboxylic acids is 1. The number of carbonyl (C=O) groups is 1. The Morgan fingerprint density at radius 1 is 1.62 bits per heavy atom. The Morgan fingerprint density at radius 3 is 3.08 bits per heavy atom. The molecule has 0 bridgehead atoms. The van der Waals surface area contributed by atoms with Crippen LogP contribution in [0.4, 0.5) is 11.4 Å². The summed E-state index contributed by atoms with van der Waals surface area (Å²) in [7, 11) is 0. The van der Waals surface area contributed by atoms with Crippen LogP contribution in [-0.2, 0) is 11.2 Å². The van der Waals surface area contributed by atoms with E-state index in [-0.39, 0.29) is 0 Å². The maximum absolute atomic E-state index is 10.7. The summed E-state index contributed by atoms with van der Waals surface area (Å²) in [4.78, 5) is 10.7. The van der Waals surface area contributed by atoms with E-state index in [2.05, 4.69) is 5.32 Å². The first kappa shape index (κ1) is 7.91. The van der Waals surface area contributed by atoms with Crippen molar-refractivity contribution in [1.29, 1.82) is 0 Å². The number of benzene rings is 1. The number of nitrogens with one attached hydrogen (secondary N) is 1. The van der Waals surface area contributed by atoms with E-state index in [0.29, 0.717) is 12.1 Å². The van der Waals surface area contributed by atoms with Gasteiger partial charge in [-0.25, -0.2) is 4.79 Å². The normalized spacial score (nSPS) is 19.2. The summed E-state index contributed by atoms with van der Waals surface area (Å²) < 4.78 is 0. The first-order valence-corrected chi connectivity index (χ1v) is 4.04. The highest BCUT2D eigenvalue weighted by Crippen LogP contribution is 2.27. The van der Waals surface area contributed by atoms with Gasteiger partial charge in [0, 0.05) is 17.8 Å². The van der Waals surface area contributed by atoms with Gasteiger partial charge >= 0.3 is 5.97 Å². The summed E-state index contributed by atoms with van der Waals surface area (Å²) in [5.74, 6) is -0.824. The molecular weight excluding hydrogens is 168 g/mol. The molecule has 0 fully saturated rings. The van der Waals surface area contributed by atoms with Crippen LogP contribution in [0.25, 0.3) is 0 Å². The van der Waals surface area contributed by atoms with Gasteiger partial charge in [-0.3, -0.25) is 0 Å². The van der Waals surface area contributed by atoms with Crippen molar-refractivity contribution in [2.45, 2.75) is 12.5 Å². The van der Waals surface area contributed by atoms with Crippen LogP contribution in [0.3, 0.4) is 0 Å². The summed E-state index contributed by atoms with van der Waals surface area (Å²) >= 11 is 0. The standard InChI is InChI=1S/C9H10N2O2/c10-6-1-2-7-5(3-6)4-8(11-7)9(12)13/h1-3,8,11H,4,10H2,(H,12,13)/t8-/m0/s1. The van der Waals surface area contributed by atoms with Crippen molar-refractivity contribution in [2.24, 2.45) is 0 Å². The van der Waals surface area contributed by atoms with Gasteiger partial charge in [0.05, 0.1) is 0 Å². The van der Waals surface area contributed by atoms with Crippen LogP contribution in [-0.4, -0.2) is 17.1 Å². The van der Waals surface area contributed by atoms with Gasteiger partial charge in [0.2, 0.25) is 0 Å². The molecule has 0 spiro atoms. The third-order valence-corrected chi connectivity index (χ3v) is 2.18. The lowest BCUT2D eigenvalue weighted by Gasteiger charge is -2.03. The Labute approximate surface area is 75.4 Å². The molecule has 1 aromatic carbocycles. The van der Waals surface area contributed by atoms with Crippen LogP contribution < -0.4 is 11.1 Å². The average molecular weight is 178 g/mol. The Kier molecular flexibility index (Phi) is 1.62. The van der Waals surface area contributed by atoms with E-state index >= 15 is 0 Å². The monoisotopic (exact) mass is 178 g/mol. The molecule has 1 heterocycles. The van der Waals surface area contributed by atoms with Gasteiger partial charge < -0.3 is 16.2 Å². The van der Waals surface area contributed by atoms with Gasteiger partial charge in [0.25, 0.3) is 0 Å². The van der Waals surface area contributed by atoms with Crippen molar-refractivity contribution in [1.82, 2.24) is 0 Å². The lowest BCUT2D eigenvalue weighted by Crippen LogP contribution is -2.26. The number of nitrogen functional groups attached to an aromatic ring is 1. The second kappa shape index (κ2) is 2.65. The molecule has 13 heavy (non-hydrogen) atoms. The van der Waals surface area contributed by atoms with Gasteiger partial charge in [0.1, 0.15) is 6.04 Å². The summed E-state index contributed by atoms with van der Waals surface area (Å²) in [6, 6.07) is 4.88. The minimum Gasteiger partial charge on any atom is -0.480 e. The van der Waals surface area contributed by atoms with Gasteiger partial charge in [0.15, 0.2) is 0 Å². The van der Waals surface area contributed by atoms with E-state index in [0.717, 1.165) is 11.3 Å². The highest BCUT2D eigenvalue weighted by atomic mass is 16.4. The molecule has 0 saturated carbocycles. The van der Waals surface area contributed by atoms with Crippen molar-refractivity contribution >= 4 is 17.3 Å². The zero-order chi connectivity index (χ0) is 9.42. The largest absolute Gasteiger partial charge is 0.480 e. The third kappa shape index (κ3) is 1.30. The van der Waals surface area contributed by atoms with E-state index < -0.39 is 12.0 Å². The SMILES string of the molecule is Nc1ccc2c(c1)C[C@@H](C(=O)O)N2. The first-order valence-electron chi connectivity index (χ1n) is 4.04. The number of nitrogens with two attached hydrogens (primary N) is 1. The fourth-order valence-corrected chi connectivity index (χ4v) is 1.53. The maximum atomic E-state index is 10.7. The molecule has 4 N–H and O–H groups in total. The summed E-state index contributed by atoms with van der Waals surface area (Å²) in [5, 5.41) is 11.7. The fourth-order valence-electron chi connectivity index (χ4n) is 1.53. The summed E-state index contributed by atoms with van der Waals surface area (Å²) in [6.07, 6.45) is 0.510. The predicted octanol–water partition coefficient (Wildman–Crippen LogP) is 0.690. The molecule has 0 aromatic heterocycles. The Bertz CT molecular complexity index is 363.